The summed E-state index contributed by atoms with van der Waals surface area (Å²) < 4.78 is 0. The van der Waals surface area contributed by atoms with E-state index in [0.29, 0.717) is 0 Å². The fourth-order valence-corrected chi connectivity index (χ4v) is 4.65. The molecule has 41 heavy (non-hydrogen) atoms. The summed E-state index contributed by atoms with van der Waals surface area (Å²) in [6.07, 6.45) is 43.6. The van der Waals surface area contributed by atoms with Crippen LogP contribution in [0.3, 0.4) is 0 Å². The van der Waals surface area contributed by atoms with Crippen molar-refractivity contribution in [1.82, 2.24) is 0 Å². The molecule has 0 unspecified atom stereocenters. The quantitative estimate of drug-likeness (QED) is 0.0449. The van der Waals surface area contributed by atoms with E-state index in [-0.39, 0.29) is 23.9 Å². The fourth-order valence-electron chi connectivity index (χ4n) is 4.24. The van der Waals surface area contributed by atoms with Crippen molar-refractivity contribution in [2.75, 3.05) is 11.5 Å². The van der Waals surface area contributed by atoms with Gasteiger partial charge in [-0.25, -0.2) is 0 Å². The van der Waals surface area contributed by atoms with Gasteiger partial charge in [-0.2, -0.15) is 11.5 Å². The Balaban J connectivity index is -0.000000163. The van der Waals surface area contributed by atoms with Crippen molar-refractivity contribution in [2.24, 2.45) is 0 Å². The van der Waals surface area contributed by atoms with Crippen molar-refractivity contribution in [3.8, 4) is 0 Å². The largest absolute Gasteiger partial charge is 2.00 e. The van der Waals surface area contributed by atoms with Crippen LogP contribution in [0.15, 0.2) is 0 Å². The van der Waals surface area contributed by atoms with Crippen LogP contribution in [-0.4, -0.2) is 35.4 Å². The summed E-state index contributed by atoms with van der Waals surface area (Å²) in [5, 5.41) is 0. The Morgan fingerprint density at radius 1 is 0.317 bits per heavy atom. The van der Waals surface area contributed by atoms with Crippen molar-refractivity contribution in [2.45, 2.75) is 221 Å². The summed E-state index contributed by atoms with van der Waals surface area (Å²) in [6.45, 7) is 12.9. The van der Waals surface area contributed by atoms with E-state index in [1.807, 2.05) is 0 Å². The van der Waals surface area contributed by atoms with Crippen LogP contribution in [0.5, 0.6) is 0 Å². The van der Waals surface area contributed by atoms with Gasteiger partial charge in [0.1, 0.15) is 0 Å². The normalized spacial score (nSPS) is 9.95. The molecule has 0 fully saturated rings. The molecular formula is C38H80S2Sn. The smallest absolute Gasteiger partial charge is 0.793 e. The van der Waals surface area contributed by atoms with Gasteiger partial charge in [-0.05, 0) is 12.8 Å². The van der Waals surface area contributed by atoms with Gasteiger partial charge in [0, 0.05) is 0 Å². The van der Waals surface area contributed by atoms with Gasteiger partial charge in [0.05, 0.1) is 0 Å². The maximum Gasteiger partial charge on any atom is 2.00 e. The third-order valence-corrected chi connectivity index (χ3v) is 7.89. The minimum Gasteiger partial charge on any atom is -0.793 e. The SMILES string of the molecule is CCCCCCCCCCCCCCC[S-].CCCCCCCCCCCCCCC[S-].C[CH]CC.C[CH]CC.[Sn+2]. The van der Waals surface area contributed by atoms with Crippen LogP contribution in [0, 0.1) is 12.8 Å². The fraction of sp³-hybridized carbons (Fsp3) is 0.947. The molecule has 0 N–H and O–H groups in total. The molecule has 0 rings (SSSR count). The molecule has 0 saturated carbocycles. The van der Waals surface area contributed by atoms with E-state index >= 15 is 0 Å². The van der Waals surface area contributed by atoms with Crippen molar-refractivity contribution in [1.29, 1.82) is 0 Å². The molecule has 0 aliphatic heterocycles. The van der Waals surface area contributed by atoms with Crippen LogP contribution in [0.25, 0.3) is 0 Å². The standard InChI is InChI=1S/2C15H32S.2C4H9.Sn/c2*1-2-3-4-5-6-7-8-9-10-11-12-13-14-15-16;2*1-3-4-2;/h2*16H,2-15H2,1H3;2*3H,4H2,1-2H3;/q;;;;+2/p-2. The first-order valence-corrected chi connectivity index (χ1v) is 19.5. The minimum atomic E-state index is 0. The first-order chi connectivity index (χ1) is 19.7. The van der Waals surface area contributed by atoms with Crippen LogP contribution in [0.2, 0.25) is 0 Å². The van der Waals surface area contributed by atoms with Gasteiger partial charge in [-0.15, -0.1) is 0 Å². The maximum absolute atomic E-state index is 4.93. The molecule has 0 spiro atoms. The van der Waals surface area contributed by atoms with Gasteiger partial charge in [0.25, 0.3) is 0 Å². The number of hydrogen-bond donors (Lipinski definition) is 0. The Morgan fingerprint density at radius 3 is 0.585 bits per heavy atom. The molecule has 0 aliphatic carbocycles. The average Bonchev–Trinajstić information content (AvgIpc) is 2.99. The second kappa shape index (κ2) is 60.7. The second-order valence-corrected chi connectivity index (χ2v) is 12.3. The van der Waals surface area contributed by atoms with Crippen LogP contribution < -0.4 is 0 Å². The predicted octanol–water partition coefficient (Wildman–Crippen LogP) is 14.1. The molecule has 0 aromatic carbocycles. The second-order valence-electron chi connectivity index (χ2n) is 11.5. The van der Waals surface area contributed by atoms with E-state index in [1.165, 1.54) is 180 Å². The average molecular weight is 720 g/mol. The van der Waals surface area contributed by atoms with E-state index in [1.54, 1.807) is 0 Å². The molecule has 0 bridgehead atoms. The number of hydrogen-bond acceptors (Lipinski definition) is 2. The van der Waals surface area contributed by atoms with E-state index in [4.69, 9.17) is 25.3 Å². The topological polar surface area (TPSA) is 0 Å². The first-order valence-electron chi connectivity index (χ1n) is 18.4. The zero-order valence-electron chi connectivity index (χ0n) is 29.7. The summed E-state index contributed by atoms with van der Waals surface area (Å²) in [6, 6.07) is 0. The Hall–Kier alpha value is 1.50. The maximum atomic E-state index is 4.93. The Kier molecular flexibility index (Phi) is 77.0. The molecule has 4 radical (unpaired) electrons. The molecule has 0 aliphatic rings. The zero-order valence-corrected chi connectivity index (χ0v) is 34.2. The third-order valence-electron chi connectivity index (χ3n) is 7.31. The van der Waals surface area contributed by atoms with E-state index < -0.39 is 0 Å². The van der Waals surface area contributed by atoms with Gasteiger partial charge in [0.2, 0.25) is 0 Å². The summed E-state index contributed by atoms with van der Waals surface area (Å²) >= 11 is 9.86. The van der Waals surface area contributed by atoms with Gasteiger partial charge >= 0.3 is 23.9 Å². The van der Waals surface area contributed by atoms with Gasteiger partial charge in [-0.1, -0.05) is 221 Å². The van der Waals surface area contributed by atoms with Crippen molar-refractivity contribution < 1.29 is 0 Å². The van der Waals surface area contributed by atoms with Crippen molar-refractivity contribution in [3.05, 3.63) is 12.8 Å². The Bertz CT molecular complexity index is 274. The minimum absolute atomic E-state index is 0. The molecule has 248 valence electrons. The molecule has 0 aromatic rings. The van der Waals surface area contributed by atoms with E-state index in [9.17, 15) is 0 Å². The molecule has 0 amide bonds. The molecule has 0 atom stereocenters. The molecular weight excluding hydrogens is 639 g/mol. The van der Waals surface area contributed by atoms with Crippen LogP contribution in [-0.2, 0) is 25.3 Å². The van der Waals surface area contributed by atoms with Crippen molar-refractivity contribution >= 4 is 49.2 Å². The number of rotatable bonds is 28. The molecule has 0 saturated heterocycles. The van der Waals surface area contributed by atoms with E-state index in [0.717, 1.165) is 11.5 Å². The van der Waals surface area contributed by atoms with Gasteiger partial charge in [-0.3, -0.25) is 0 Å². The summed E-state index contributed by atoms with van der Waals surface area (Å²) in [5.41, 5.74) is 0. The number of unbranched alkanes of at least 4 members (excludes halogenated alkanes) is 26. The Morgan fingerprint density at radius 2 is 0.463 bits per heavy atom. The van der Waals surface area contributed by atoms with Gasteiger partial charge in [0.15, 0.2) is 0 Å². The van der Waals surface area contributed by atoms with Crippen LogP contribution in [0.1, 0.15) is 221 Å². The molecule has 0 heterocycles. The molecule has 3 heteroatoms. The monoisotopic (exact) mass is 720 g/mol. The third kappa shape index (κ3) is 74.4. The summed E-state index contributed by atoms with van der Waals surface area (Å²) in [7, 11) is 0. The summed E-state index contributed by atoms with van der Waals surface area (Å²) in [5.74, 6) is 1.91. The van der Waals surface area contributed by atoms with Crippen molar-refractivity contribution in [3.63, 3.8) is 0 Å². The molecule has 0 nitrogen and oxygen atoms in total. The van der Waals surface area contributed by atoms with Crippen LogP contribution >= 0.6 is 0 Å². The first kappa shape index (κ1) is 52.0. The summed E-state index contributed by atoms with van der Waals surface area (Å²) in [4.78, 5) is 0. The van der Waals surface area contributed by atoms with Gasteiger partial charge < -0.3 is 25.3 Å². The predicted molar refractivity (Wildman–Crippen MR) is 202 cm³/mol. The molecule has 0 aromatic heterocycles. The van der Waals surface area contributed by atoms with E-state index in [2.05, 4.69) is 54.4 Å². The Labute approximate surface area is 293 Å². The zero-order chi connectivity index (χ0) is 30.6. The van der Waals surface area contributed by atoms with Crippen LogP contribution in [0.4, 0.5) is 0 Å².